The number of nitrogens with zero attached hydrogens (tertiary/aromatic N) is 2. The molecule has 0 aliphatic rings. The molecule has 6 nitrogen and oxygen atoms in total. The van der Waals surface area contributed by atoms with Gasteiger partial charge in [-0.05, 0) is 55.7 Å². The van der Waals surface area contributed by atoms with Crippen LogP contribution in [-0.4, -0.2) is 23.2 Å². The van der Waals surface area contributed by atoms with Gasteiger partial charge < -0.3 is 0 Å². The zero-order valence-electron chi connectivity index (χ0n) is 16.2. The fourth-order valence-corrected chi connectivity index (χ4v) is 2.58. The van der Waals surface area contributed by atoms with Crippen molar-refractivity contribution >= 4 is 46.4 Å². The van der Waals surface area contributed by atoms with Gasteiger partial charge in [0.25, 0.3) is 0 Å². The molecule has 2 rings (SSSR count). The summed E-state index contributed by atoms with van der Waals surface area (Å²) in [5.74, 6) is -0.515. The Bertz CT molecular complexity index is 832. The lowest BCUT2D eigenvalue weighted by molar-refractivity contribution is -0.122. The first-order chi connectivity index (χ1) is 13.8. The van der Waals surface area contributed by atoms with Crippen LogP contribution in [0.25, 0.3) is 0 Å². The summed E-state index contributed by atoms with van der Waals surface area (Å²) in [6.07, 6.45) is 0.762. The molecule has 29 heavy (non-hydrogen) atoms. The van der Waals surface area contributed by atoms with Crippen LogP contribution < -0.4 is 10.9 Å². The summed E-state index contributed by atoms with van der Waals surface area (Å²) >= 11 is 11.7. The second-order valence-corrected chi connectivity index (χ2v) is 7.20. The van der Waals surface area contributed by atoms with Crippen LogP contribution in [0.3, 0.4) is 0 Å². The molecule has 0 radical (unpaired) electrons. The van der Waals surface area contributed by atoms with Crippen molar-refractivity contribution in [2.75, 3.05) is 0 Å². The molecule has 0 saturated heterocycles. The van der Waals surface area contributed by atoms with E-state index in [9.17, 15) is 9.59 Å². The minimum Gasteiger partial charge on any atom is -0.273 e. The van der Waals surface area contributed by atoms with Gasteiger partial charge in [0.2, 0.25) is 11.8 Å². The highest BCUT2D eigenvalue weighted by Crippen LogP contribution is 2.11. The molecule has 0 saturated carbocycles. The van der Waals surface area contributed by atoms with Gasteiger partial charge >= 0.3 is 0 Å². The van der Waals surface area contributed by atoms with E-state index in [0.29, 0.717) is 27.9 Å². The fraction of sp³-hybridized carbons (Fsp3) is 0.238. The Hall–Kier alpha value is -2.70. The molecule has 0 fully saturated rings. The molecule has 2 aromatic rings. The van der Waals surface area contributed by atoms with Gasteiger partial charge in [0.15, 0.2) is 0 Å². The fourth-order valence-electron chi connectivity index (χ4n) is 2.32. The van der Waals surface area contributed by atoms with E-state index in [1.165, 1.54) is 0 Å². The zero-order chi connectivity index (χ0) is 21.2. The number of hydrogen-bond donors (Lipinski definition) is 2. The molecule has 0 atom stereocenters. The minimum atomic E-state index is -0.257. The first kappa shape index (κ1) is 22.6. The zero-order valence-corrected chi connectivity index (χ0v) is 17.7. The van der Waals surface area contributed by atoms with E-state index in [4.69, 9.17) is 23.2 Å². The molecule has 0 aromatic heterocycles. The highest BCUT2D eigenvalue weighted by Gasteiger charge is 2.06. The summed E-state index contributed by atoms with van der Waals surface area (Å²) in [4.78, 5) is 23.8. The number of rotatable bonds is 8. The Labute approximate surface area is 180 Å². The first-order valence-corrected chi connectivity index (χ1v) is 9.79. The number of nitrogens with one attached hydrogen (secondary N) is 2. The van der Waals surface area contributed by atoms with Crippen molar-refractivity contribution in [3.8, 4) is 0 Å². The average Bonchev–Trinajstić information content (AvgIpc) is 2.71. The van der Waals surface area contributed by atoms with Gasteiger partial charge in [0.1, 0.15) is 0 Å². The minimum absolute atomic E-state index is 0.185. The van der Waals surface area contributed by atoms with E-state index in [2.05, 4.69) is 21.1 Å². The van der Waals surface area contributed by atoms with E-state index in [1.54, 1.807) is 38.1 Å². The lowest BCUT2D eigenvalue weighted by Gasteiger charge is -2.04. The second kappa shape index (κ2) is 11.3. The molecule has 0 bridgehead atoms. The number of benzene rings is 2. The van der Waals surface area contributed by atoms with Gasteiger partial charge in [0.05, 0.1) is 11.4 Å². The third kappa shape index (κ3) is 8.05. The summed E-state index contributed by atoms with van der Waals surface area (Å²) in [6, 6.07) is 14.3. The monoisotopic (exact) mass is 432 g/mol. The summed E-state index contributed by atoms with van der Waals surface area (Å²) in [7, 11) is 0. The molecule has 0 aliphatic heterocycles. The Morgan fingerprint density at radius 2 is 1.07 bits per heavy atom. The second-order valence-electron chi connectivity index (χ2n) is 6.33. The molecular formula is C21H22Cl2N4O2. The van der Waals surface area contributed by atoms with Crippen LogP contribution in [-0.2, 0) is 9.59 Å². The van der Waals surface area contributed by atoms with Crippen molar-refractivity contribution < 1.29 is 9.59 Å². The quantitative estimate of drug-likeness (QED) is 0.473. The highest BCUT2D eigenvalue weighted by molar-refractivity contribution is 6.31. The van der Waals surface area contributed by atoms with Crippen molar-refractivity contribution in [3.05, 3.63) is 69.7 Å². The van der Waals surface area contributed by atoms with E-state index in [0.717, 1.165) is 11.1 Å². The van der Waals surface area contributed by atoms with Crippen molar-refractivity contribution in [1.82, 2.24) is 10.9 Å². The first-order valence-electron chi connectivity index (χ1n) is 9.03. The number of hydrazone groups is 2. The summed E-state index contributed by atoms with van der Waals surface area (Å²) in [6.45, 7) is 3.58. The van der Waals surface area contributed by atoms with Crippen molar-refractivity contribution in [1.29, 1.82) is 0 Å². The molecule has 8 heteroatoms. The normalized spacial score (nSPS) is 11.9. The summed E-state index contributed by atoms with van der Waals surface area (Å²) < 4.78 is 0. The standard InChI is InChI=1S/C21H22Cl2N4O2/c1-14(16-6-10-18(22)11-7-16)24-26-20(28)4-3-5-21(29)27-25-15(2)17-8-12-19(23)13-9-17/h6-13H,3-5H2,1-2H3,(H,26,28)(H,27,29)/b24-14+,25-15+. The third-order valence-electron chi connectivity index (χ3n) is 4.03. The Morgan fingerprint density at radius 1 is 0.724 bits per heavy atom. The van der Waals surface area contributed by atoms with E-state index in [1.807, 2.05) is 24.3 Å². The highest BCUT2D eigenvalue weighted by atomic mass is 35.5. The predicted molar refractivity (Wildman–Crippen MR) is 117 cm³/mol. The lowest BCUT2D eigenvalue weighted by atomic mass is 10.1. The third-order valence-corrected chi connectivity index (χ3v) is 4.53. The largest absolute Gasteiger partial charge is 0.273 e. The number of carbonyl (C=O) groups excluding carboxylic acids is 2. The topological polar surface area (TPSA) is 82.9 Å². The maximum atomic E-state index is 11.9. The van der Waals surface area contributed by atoms with Gasteiger partial charge in [-0.15, -0.1) is 0 Å². The molecule has 2 amide bonds. The Kier molecular flexibility index (Phi) is 8.83. The number of carbonyl (C=O) groups is 2. The van der Waals surface area contributed by atoms with E-state index in [-0.39, 0.29) is 24.7 Å². The van der Waals surface area contributed by atoms with Gasteiger partial charge in [-0.3, -0.25) is 9.59 Å². The van der Waals surface area contributed by atoms with Gasteiger partial charge in [-0.2, -0.15) is 10.2 Å². The van der Waals surface area contributed by atoms with Crippen LogP contribution in [0.4, 0.5) is 0 Å². The molecule has 0 spiro atoms. The molecule has 2 aromatic carbocycles. The van der Waals surface area contributed by atoms with Crippen LogP contribution in [0, 0.1) is 0 Å². The summed E-state index contributed by atoms with van der Waals surface area (Å²) in [5.41, 5.74) is 8.04. The van der Waals surface area contributed by atoms with Crippen molar-refractivity contribution in [3.63, 3.8) is 0 Å². The van der Waals surface area contributed by atoms with E-state index < -0.39 is 0 Å². The molecule has 2 N–H and O–H groups in total. The van der Waals surface area contributed by atoms with Gasteiger partial charge in [0, 0.05) is 22.9 Å². The SMILES string of the molecule is C/C(=N\NC(=O)CCCC(=O)N/N=C(\C)c1ccc(Cl)cc1)c1ccc(Cl)cc1. The molecule has 0 aliphatic carbocycles. The van der Waals surface area contributed by atoms with Crippen LogP contribution in [0.2, 0.25) is 10.0 Å². The van der Waals surface area contributed by atoms with Gasteiger partial charge in [-0.1, -0.05) is 47.5 Å². The molecule has 152 valence electrons. The van der Waals surface area contributed by atoms with Gasteiger partial charge in [-0.25, -0.2) is 10.9 Å². The molecular weight excluding hydrogens is 411 g/mol. The number of halogens is 2. The van der Waals surface area contributed by atoms with E-state index >= 15 is 0 Å². The average molecular weight is 433 g/mol. The van der Waals surface area contributed by atoms with Crippen LogP contribution >= 0.6 is 23.2 Å². The molecule has 0 heterocycles. The smallest absolute Gasteiger partial charge is 0.240 e. The van der Waals surface area contributed by atoms with Crippen LogP contribution in [0.1, 0.15) is 44.2 Å². The lowest BCUT2D eigenvalue weighted by Crippen LogP contribution is -2.21. The van der Waals surface area contributed by atoms with Crippen LogP contribution in [0.15, 0.2) is 58.7 Å². The Morgan fingerprint density at radius 3 is 1.41 bits per heavy atom. The Balaban J connectivity index is 1.71. The maximum absolute atomic E-state index is 11.9. The predicted octanol–water partition coefficient (Wildman–Crippen LogP) is 4.54. The molecule has 0 unspecified atom stereocenters. The van der Waals surface area contributed by atoms with Crippen molar-refractivity contribution in [2.45, 2.75) is 33.1 Å². The van der Waals surface area contributed by atoms with Crippen molar-refractivity contribution in [2.24, 2.45) is 10.2 Å². The maximum Gasteiger partial charge on any atom is 0.240 e. The number of amides is 2. The van der Waals surface area contributed by atoms with Crippen LogP contribution in [0.5, 0.6) is 0 Å². The number of hydrogen-bond acceptors (Lipinski definition) is 4. The summed E-state index contributed by atoms with van der Waals surface area (Å²) in [5, 5.41) is 9.40.